The van der Waals surface area contributed by atoms with Crippen molar-refractivity contribution in [2.45, 2.75) is 172 Å². The molecule has 44 heavy (non-hydrogen) atoms. The highest BCUT2D eigenvalue weighted by Gasteiger charge is 2.46. The average Bonchev–Trinajstić information content (AvgIpc) is 2.94. The van der Waals surface area contributed by atoms with Crippen LogP contribution in [0.3, 0.4) is 0 Å². The summed E-state index contributed by atoms with van der Waals surface area (Å²) >= 11 is 0. The van der Waals surface area contributed by atoms with E-state index in [1.807, 2.05) is 0 Å². The molecule has 0 heterocycles. The monoisotopic (exact) mass is 704 g/mol. The van der Waals surface area contributed by atoms with Gasteiger partial charge >= 0.3 is 15.6 Å². The molecule has 0 N–H and O–H groups in total. The SMILES string of the molecule is CCCCC1CCC(OS(=O)(=O)C(C)OC(C)(C)[P+](=O)CCCC[P+](=O)C(C)(C)OC(C)S(=O)(=O)OC2CCCCC2)CC1. The fourth-order valence-electron chi connectivity index (χ4n) is 5.80. The molecule has 0 aromatic rings. The predicted molar refractivity (Wildman–Crippen MR) is 176 cm³/mol. The molecule has 4 unspecified atom stereocenters. The quantitative estimate of drug-likeness (QED) is 0.0690. The lowest BCUT2D eigenvalue weighted by molar-refractivity contribution is 0.0192. The molecule has 2 saturated carbocycles. The van der Waals surface area contributed by atoms with Gasteiger partial charge in [-0.3, -0.25) is 8.37 Å². The van der Waals surface area contributed by atoms with Crippen molar-refractivity contribution in [1.82, 2.24) is 0 Å². The minimum Gasteiger partial charge on any atom is -0.311 e. The third-order valence-corrected chi connectivity index (χ3v) is 15.7. The van der Waals surface area contributed by atoms with E-state index in [-0.39, 0.29) is 24.5 Å². The largest absolute Gasteiger partial charge is 0.372 e. The van der Waals surface area contributed by atoms with Crippen LogP contribution < -0.4 is 0 Å². The first-order valence-corrected chi connectivity index (χ1v) is 22.3. The van der Waals surface area contributed by atoms with E-state index in [0.29, 0.717) is 44.4 Å². The lowest BCUT2D eigenvalue weighted by atomic mass is 9.84. The molecule has 0 saturated heterocycles. The van der Waals surface area contributed by atoms with Gasteiger partial charge in [0.2, 0.25) is 0 Å². The van der Waals surface area contributed by atoms with Gasteiger partial charge in [0, 0.05) is 27.7 Å². The van der Waals surface area contributed by atoms with Crippen LogP contribution in [0.5, 0.6) is 0 Å². The van der Waals surface area contributed by atoms with E-state index in [0.717, 1.165) is 38.5 Å². The lowest BCUT2D eigenvalue weighted by Gasteiger charge is -2.29. The summed E-state index contributed by atoms with van der Waals surface area (Å²) < 4.78 is 99.8. The van der Waals surface area contributed by atoms with Crippen molar-refractivity contribution in [2.24, 2.45) is 5.92 Å². The molecular formula is C30H58O10P2S2+2. The van der Waals surface area contributed by atoms with Gasteiger partial charge in [0.25, 0.3) is 30.9 Å². The van der Waals surface area contributed by atoms with Crippen LogP contribution in [0.4, 0.5) is 0 Å². The molecular weight excluding hydrogens is 646 g/mol. The molecule has 10 nitrogen and oxygen atoms in total. The first-order valence-electron chi connectivity index (χ1n) is 16.5. The van der Waals surface area contributed by atoms with E-state index >= 15 is 0 Å². The molecule has 0 radical (unpaired) electrons. The van der Waals surface area contributed by atoms with Crippen LogP contribution >= 0.6 is 15.6 Å². The summed E-state index contributed by atoms with van der Waals surface area (Å²) in [7, 11) is -11.9. The molecule has 0 aromatic carbocycles. The molecule has 14 heteroatoms. The maximum absolute atomic E-state index is 13.1. The van der Waals surface area contributed by atoms with E-state index in [1.54, 1.807) is 27.7 Å². The van der Waals surface area contributed by atoms with Gasteiger partial charge in [0.15, 0.2) is 10.9 Å². The molecule has 2 aliphatic rings. The van der Waals surface area contributed by atoms with Crippen LogP contribution in [0.1, 0.15) is 138 Å². The number of hydrogen-bond acceptors (Lipinski definition) is 10. The highest BCUT2D eigenvalue weighted by atomic mass is 32.2. The highest BCUT2D eigenvalue weighted by molar-refractivity contribution is 7.87. The molecule has 258 valence electrons. The summed E-state index contributed by atoms with van der Waals surface area (Å²) in [5, 5.41) is -2.39. The second-order valence-corrected chi connectivity index (χ2v) is 21.6. The Morgan fingerprint density at radius 2 is 1.07 bits per heavy atom. The fraction of sp³-hybridized carbons (Fsp3) is 1.00. The Hall–Kier alpha value is -0.0600. The van der Waals surface area contributed by atoms with Crippen molar-refractivity contribution in [1.29, 1.82) is 0 Å². The second kappa shape index (κ2) is 17.9. The summed E-state index contributed by atoms with van der Waals surface area (Å²) in [5.41, 5.74) is -2.52. The number of unbranched alkanes of at least 4 members (excludes halogenated alkanes) is 2. The van der Waals surface area contributed by atoms with Gasteiger partial charge in [0.1, 0.15) is 12.3 Å². The Morgan fingerprint density at radius 3 is 1.48 bits per heavy atom. The molecule has 2 rings (SSSR count). The Kier molecular flexibility index (Phi) is 16.3. The Morgan fingerprint density at radius 1 is 0.659 bits per heavy atom. The maximum Gasteiger partial charge on any atom is 0.372 e. The maximum atomic E-state index is 13.1. The van der Waals surface area contributed by atoms with Crippen molar-refractivity contribution < 1.29 is 43.8 Å². The Balaban J connectivity index is 1.76. The van der Waals surface area contributed by atoms with Crippen molar-refractivity contribution in [3.8, 4) is 0 Å². The number of hydrogen-bond donors (Lipinski definition) is 0. The molecule has 0 bridgehead atoms. The third-order valence-electron chi connectivity index (χ3n) is 8.75. The minimum atomic E-state index is -4.00. The van der Waals surface area contributed by atoms with Gasteiger partial charge in [0.05, 0.1) is 12.2 Å². The summed E-state index contributed by atoms with van der Waals surface area (Å²) in [5.74, 6) is 0.635. The topological polar surface area (TPSA) is 139 Å². The van der Waals surface area contributed by atoms with Crippen molar-refractivity contribution in [2.75, 3.05) is 12.3 Å². The number of ether oxygens (including phenoxy) is 2. The third kappa shape index (κ3) is 13.2. The van der Waals surface area contributed by atoms with E-state index in [1.165, 1.54) is 26.7 Å². The van der Waals surface area contributed by atoms with Crippen molar-refractivity contribution >= 4 is 35.8 Å². The van der Waals surface area contributed by atoms with Crippen LogP contribution in [0.25, 0.3) is 0 Å². The van der Waals surface area contributed by atoms with Gasteiger partial charge in [-0.15, -0.1) is 0 Å². The van der Waals surface area contributed by atoms with Gasteiger partial charge in [-0.1, -0.05) is 54.6 Å². The van der Waals surface area contributed by atoms with Gasteiger partial charge < -0.3 is 9.47 Å². The zero-order valence-corrected chi connectivity index (χ0v) is 31.4. The van der Waals surface area contributed by atoms with E-state index < -0.39 is 57.4 Å². The number of rotatable bonds is 20. The van der Waals surface area contributed by atoms with Crippen LogP contribution in [0, 0.1) is 5.92 Å². The van der Waals surface area contributed by atoms with Crippen LogP contribution in [0.2, 0.25) is 0 Å². The summed E-state index contributed by atoms with van der Waals surface area (Å²) in [6, 6.07) is 0. The van der Waals surface area contributed by atoms with Crippen LogP contribution in [-0.4, -0.2) is 62.9 Å². The van der Waals surface area contributed by atoms with E-state index in [2.05, 4.69) is 6.92 Å². The molecule has 2 fully saturated rings. The standard InChI is InChI=1S/C30H58O10P2S2/c1-8-9-15-26-18-20-28(21-19-26)40-44(35,36)25(3)38-30(6,7)42(32)23-14-13-22-41(31)29(4,5)37-24(2)43(33,34)39-27-16-11-10-12-17-27/h24-28H,8-23H2,1-7H3/q+2. The highest BCUT2D eigenvalue weighted by Crippen LogP contribution is 2.45. The molecule has 0 aliphatic heterocycles. The van der Waals surface area contributed by atoms with Crippen LogP contribution in [0.15, 0.2) is 0 Å². The smallest absolute Gasteiger partial charge is 0.311 e. The molecule has 0 aromatic heterocycles. The Bertz CT molecular complexity index is 1130. The normalized spacial score (nSPS) is 23.2. The van der Waals surface area contributed by atoms with E-state index in [9.17, 15) is 26.0 Å². The van der Waals surface area contributed by atoms with Crippen LogP contribution in [-0.2, 0) is 47.2 Å². The zero-order valence-electron chi connectivity index (χ0n) is 28.0. The van der Waals surface area contributed by atoms with E-state index in [4.69, 9.17) is 17.8 Å². The summed E-state index contributed by atoms with van der Waals surface area (Å²) in [6.45, 7) is 11.4. The van der Waals surface area contributed by atoms with Gasteiger partial charge in [-0.05, 0) is 71.1 Å². The Labute approximate surface area is 269 Å². The lowest BCUT2D eigenvalue weighted by Crippen LogP contribution is -2.35. The van der Waals surface area contributed by atoms with Gasteiger partial charge in [-0.25, -0.2) is 0 Å². The van der Waals surface area contributed by atoms with Crippen molar-refractivity contribution in [3.63, 3.8) is 0 Å². The predicted octanol–water partition coefficient (Wildman–Crippen LogP) is 8.39. The summed E-state index contributed by atoms with van der Waals surface area (Å²) in [6.07, 6.45) is 12.1. The van der Waals surface area contributed by atoms with Gasteiger partial charge in [-0.2, -0.15) is 16.8 Å². The first-order chi connectivity index (χ1) is 20.4. The molecule has 4 atom stereocenters. The minimum absolute atomic E-state index is 0.266. The fourth-order valence-corrected chi connectivity index (χ4v) is 10.8. The molecule has 2 aliphatic carbocycles. The zero-order chi connectivity index (χ0) is 33.2. The summed E-state index contributed by atoms with van der Waals surface area (Å²) in [4.78, 5) is 0. The second-order valence-electron chi connectivity index (χ2n) is 13.4. The molecule has 0 amide bonds. The van der Waals surface area contributed by atoms with Crippen molar-refractivity contribution in [3.05, 3.63) is 0 Å². The average molecular weight is 705 g/mol. The molecule has 0 spiro atoms. The first kappa shape index (κ1) is 40.1.